The summed E-state index contributed by atoms with van der Waals surface area (Å²) < 4.78 is 0. The first-order chi connectivity index (χ1) is 8.95. The fourth-order valence-corrected chi connectivity index (χ4v) is 3.25. The molecule has 1 heterocycles. The van der Waals surface area contributed by atoms with Gasteiger partial charge in [0, 0.05) is 11.5 Å². The van der Waals surface area contributed by atoms with E-state index in [1.807, 2.05) is 13.8 Å². The lowest BCUT2D eigenvalue weighted by molar-refractivity contribution is -0.148. The molecule has 0 aliphatic carbocycles. The van der Waals surface area contributed by atoms with E-state index in [2.05, 4.69) is 31.0 Å². The van der Waals surface area contributed by atoms with Gasteiger partial charge in [0.2, 0.25) is 11.8 Å². The Morgan fingerprint density at radius 1 is 1.20 bits per heavy atom. The van der Waals surface area contributed by atoms with Gasteiger partial charge in [-0.05, 0) is 39.3 Å². The fourth-order valence-electron chi connectivity index (χ4n) is 3.25. The van der Waals surface area contributed by atoms with Crippen LogP contribution in [0.4, 0.5) is 0 Å². The van der Waals surface area contributed by atoms with Gasteiger partial charge in [-0.2, -0.15) is 0 Å². The van der Waals surface area contributed by atoms with E-state index < -0.39 is 0 Å². The Hall–Kier alpha value is -0.610. The highest BCUT2D eigenvalue weighted by molar-refractivity contribution is 6.01. The number of carbonyl (C=O) groups excluding carboxylic acids is 2. The van der Waals surface area contributed by atoms with E-state index in [-0.39, 0.29) is 41.6 Å². The summed E-state index contributed by atoms with van der Waals surface area (Å²) in [6, 6.07) is 0.181. The van der Waals surface area contributed by atoms with Gasteiger partial charge in [0.25, 0.3) is 0 Å². The van der Waals surface area contributed by atoms with E-state index >= 15 is 0 Å². The Morgan fingerprint density at radius 3 is 2.10 bits per heavy atom. The molecule has 118 valence electrons. The molecule has 0 spiro atoms. The van der Waals surface area contributed by atoms with Crippen molar-refractivity contribution in [3.8, 4) is 0 Å². The van der Waals surface area contributed by atoms with Crippen molar-refractivity contribution in [2.75, 3.05) is 13.1 Å². The number of piperidine rings is 1. The molecule has 1 rings (SSSR count). The maximum absolute atomic E-state index is 12.1. The Labute approximate surface area is 129 Å². The van der Waals surface area contributed by atoms with Crippen LogP contribution in [0.15, 0.2) is 0 Å². The summed E-state index contributed by atoms with van der Waals surface area (Å²) in [5.74, 6) is -0.259. The second-order valence-corrected chi connectivity index (χ2v) is 5.58. The zero-order chi connectivity index (χ0) is 14.6. The van der Waals surface area contributed by atoms with Crippen LogP contribution in [0.25, 0.3) is 0 Å². The summed E-state index contributed by atoms with van der Waals surface area (Å²) in [5, 5.41) is 2.60. The lowest BCUT2D eigenvalue weighted by atomic mass is 9.69. The first-order valence-corrected chi connectivity index (χ1v) is 7.55. The van der Waals surface area contributed by atoms with Crippen LogP contribution >= 0.6 is 12.4 Å². The molecule has 1 fully saturated rings. The summed E-state index contributed by atoms with van der Waals surface area (Å²) in [6.07, 6.45) is 2.27. The number of amides is 2. The number of rotatable bonds is 6. The van der Waals surface area contributed by atoms with Gasteiger partial charge in [0.15, 0.2) is 0 Å². The van der Waals surface area contributed by atoms with Crippen LogP contribution in [0, 0.1) is 11.3 Å². The van der Waals surface area contributed by atoms with Crippen LogP contribution < -0.4 is 5.32 Å². The maximum Gasteiger partial charge on any atom is 0.232 e. The topological polar surface area (TPSA) is 49.4 Å². The number of imide groups is 1. The highest BCUT2D eigenvalue weighted by Gasteiger charge is 2.46. The third-order valence-electron chi connectivity index (χ3n) is 4.99. The van der Waals surface area contributed by atoms with Crippen molar-refractivity contribution in [2.24, 2.45) is 11.3 Å². The third kappa shape index (κ3) is 3.53. The molecule has 20 heavy (non-hydrogen) atoms. The minimum absolute atomic E-state index is 0. The number of nitrogens with one attached hydrogen (secondary N) is 1. The van der Waals surface area contributed by atoms with E-state index in [9.17, 15) is 9.59 Å². The minimum Gasteiger partial charge on any atom is -0.300 e. The first kappa shape index (κ1) is 19.4. The van der Waals surface area contributed by atoms with Gasteiger partial charge >= 0.3 is 0 Å². The van der Waals surface area contributed by atoms with Crippen LogP contribution in [0.2, 0.25) is 0 Å². The molecule has 0 bridgehead atoms. The molecular formula is C15H29ClN2O2. The van der Waals surface area contributed by atoms with Gasteiger partial charge < -0.3 is 4.90 Å². The molecule has 0 saturated carbocycles. The molecule has 2 amide bonds. The zero-order valence-electron chi connectivity index (χ0n) is 13.4. The summed E-state index contributed by atoms with van der Waals surface area (Å²) in [4.78, 5) is 26.6. The van der Waals surface area contributed by atoms with Crippen molar-refractivity contribution in [2.45, 2.75) is 59.9 Å². The SMILES string of the molecule is CCN(CC)C(C)C1CC(CC)(CC)C(=O)NC1=O.Cl. The van der Waals surface area contributed by atoms with Crippen molar-refractivity contribution in [3.05, 3.63) is 0 Å². The largest absolute Gasteiger partial charge is 0.300 e. The lowest BCUT2D eigenvalue weighted by Crippen LogP contribution is -2.57. The number of nitrogens with zero attached hydrogens (tertiary/aromatic N) is 1. The highest BCUT2D eigenvalue weighted by atomic mass is 35.5. The predicted octanol–water partition coefficient (Wildman–Crippen LogP) is 2.61. The average Bonchev–Trinajstić information content (AvgIpc) is 2.41. The number of hydrogen-bond acceptors (Lipinski definition) is 3. The number of halogens is 1. The van der Waals surface area contributed by atoms with Gasteiger partial charge in [-0.25, -0.2) is 0 Å². The molecule has 2 unspecified atom stereocenters. The normalized spacial score (nSPS) is 23.2. The molecule has 2 atom stereocenters. The molecular weight excluding hydrogens is 276 g/mol. The standard InChI is InChI=1S/C15H28N2O2.ClH/c1-6-15(7-2)10-12(13(18)16-14(15)19)11(5)17(8-3)9-4;/h11-12H,6-10H2,1-5H3,(H,16,18,19);1H. The van der Waals surface area contributed by atoms with E-state index in [0.717, 1.165) is 25.9 Å². The Kier molecular flexibility index (Phi) is 7.74. The summed E-state index contributed by atoms with van der Waals surface area (Å²) in [6.45, 7) is 12.3. The predicted molar refractivity (Wildman–Crippen MR) is 83.9 cm³/mol. The number of hydrogen-bond donors (Lipinski definition) is 1. The van der Waals surface area contributed by atoms with E-state index in [0.29, 0.717) is 6.42 Å². The second kappa shape index (κ2) is 7.99. The molecule has 0 aromatic carbocycles. The number of carbonyl (C=O) groups is 2. The summed E-state index contributed by atoms with van der Waals surface area (Å²) >= 11 is 0. The molecule has 1 aliphatic rings. The van der Waals surface area contributed by atoms with Gasteiger partial charge in [0.05, 0.1) is 5.92 Å². The van der Waals surface area contributed by atoms with Crippen LogP contribution in [0.3, 0.4) is 0 Å². The van der Waals surface area contributed by atoms with E-state index in [1.165, 1.54) is 0 Å². The van der Waals surface area contributed by atoms with Gasteiger partial charge in [-0.1, -0.05) is 27.7 Å². The van der Waals surface area contributed by atoms with E-state index in [4.69, 9.17) is 0 Å². The van der Waals surface area contributed by atoms with Crippen LogP contribution in [-0.4, -0.2) is 35.8 Å². The highest BCUT2D eigenvalue weighted by Crippen LogP contribution is 2.39. The van der Waals surface area contributed by atoms with Crippen molar-refractivity contribution in [1.29, 1.82) is 0 Å². The second-order valence-electron chi connectivity index (χ2n) is 5.58. The van der Waals surface area contributed by atoms with E-state index in [1.54, 1.807) is 0 Å². The summed E-state index contributed by atoms with van der Waals surface area (Å²) in [5.41, 5.74) is -0.361. The van der Waals surface area contributed by atoms with Crippen molar-refractivity contribution in [3.63, 3.8) is 0 Å². The molecule has 4 nitrogen and oxygen atoms in total. The molecule has 0 radical (unpaired) electrons. The quantitative estimate of drug-likeness (QED) is 0.767. The molecule has 1 saturated heterocycles. The van der Waals surface area contributed by atoms with Crippen molar-refractivity contribution >= 4 is 24.2 Å². The Bertz CT molecular complexity index is 339. The smallest absolute Gasteiger partial charge is 0.232 e. The van der Waals surface area contributed by atoms with Crippen LogP contribution in [-0.2, 0) is 9.59 Å². The van der Waals surface area contributed by atoms with Gasteiger partial charge in [-0.3, -0.25) is 14.9 Å². The zero-order valence-corrected chi connectivity index (χ0v) is 14.2. The van der Waals surface area contributed by atoms with Crippen LogP contribution in [0.5, 0.6) is 0 Å². The van der Waals surface area contributed by atoms with Crippen molar-refractivity contribution < 1.29 is 9.59 Å². The van der Waals surface area contributed by atoms with Crippen molar-refractivity contribution in [1.82, 2.24) is 10.2 Å². The molecule has 0 aromatic rings. The lowest BCUT2D eigenvalue weighted by Gasteiger charge is -2.42. The molecule has 5 heteroatoms. The molecule has 1 aliphatic heterocycles. The Morgan fingerprint density at radius 2 is 1.70 bits per heavy atom. The monoisotopic (exact) mass is 304 g/mol. The molecule has 0 aromatic heterocycles. The molecule has 1 N–H and O–H groups in total. The minimum atomic E-state index is -0.361. The first-order valence-electron chi connectivity index (χ1n) is 7.55. The van der Waals surface area contributed by atoms with Gasteiger partial charge in [0.1, 0.15) is 0 Å². The third-order valence-corrected chi connectivity index (χ3v) is 4.99. The average molecular weight is 305 g/mol. The van der Waals surface area contributed by atoms with Gasteiger partial charge in [-0.15, -0.1) is 12.4 Å². The Balaban J connectivity index is 0.00000361. The van der Waals surface area contributed by atoms with Crippen LogP contribution in [0.1, 0.15) is 53.9 Å². The maximum atomic E-state index is 12.1. The fraction of sp³-hybridized carbons (Fsp3) is 0.867. The summed E-state index contributed by atoms with van der Waals surface area (Å²) in [7, 11) is 0.